The minimum absolute atomic E-state index is 0.0863. The predicted octanol–water partition coefficient (Wildman–Crippen LogP) is 3.15. The maximum atomic E-state index is 11.5. The molecule has 0 aliphatic rings. The molecule has 2 N–H and O–H groups in total. The molecule has 1 aromatic rings. The summed E-state index contributed by atoms with van der Waals surface area (Å²) in [5, 5.41) is 0.590. The first-order chi connectivity index (χ1) is 6.61. The number of ketones is 1. The van der Waals surface area contributed by atoms with Crippen molar-refractivity contribution in [1.29, 1.82) is 0 Å². The Balaban J connectivity index is 3.28. The van der Waals surface area contributed by atoms with Crippen molar-refractivity contribution in [2.24, 2.45) is 5.73 Å². The van der Waals surface area contributed by atoms with Crippen LogP contribution in [0, 0.1) is 0 Å². The zero-order valence-electron chi connectivity index (χ0n) is 7.81. The SMILES string of the molecule is CCC(=O)c1ccc(Cl)c(CN)c1Br. The molecule has 2 nitrogen and oxygen atoms in total. The summed E-state index contributed by atoms with van der Waals surface area (Å²) in [7, 11) is 0. The van der Waals surface area contributed by atoms with E-state index in [-0.39, 0.29) is 5.78 Å². The van der Waals surface area contributed by atoms with Gasteiger partial charge in [-0.05, 0) is 33.6 Å². The highest BCUT2D eigenvalue weighted by Crippen LogP contribution is 2.28. The van der Waals surface area contributed by atoms with Gasteiger partial charge in [0.25, 0.3) is 0 Å². The number of nitrogens with two attached hydrogens (primary N) is 1. The van der Waals surface area contributed by atoms with E-state index in [1.165, 1.54) is 0 Å². The van der Waals surface area contributed by atoms with Crippen molar-refractivity contribution in [2.45, 2.75) is 19.9 Å². The third kappa shape index (κ3) is 2.16. The maximum Gasteiger partial charge on any atom is 0.163 e. The standard InChI is InChI=1S/C10H11BrClNO/c1-2-9(14)6-3-4-8(12)7(5-13)10(6)11/h3-4H,2,5,13H2,1H3. The van der Waals surface area contributed by atoms with Gasteiger partial charge < -0.3 is 5.73 Å². The van der Waals surface area contributed by atoms with Gasteiger partial charge in [0.15, 0.2) is 5.78 Å². The molecule has 0 aliphatic heterocycles. The second-order valence-electron chi connectivity index (χ2n) is 2.87. The third-order valence-electron chi connectivity index (χ3n) is 2.01. The number of rotatable bonds is 3. The van der Waals surface area contributed by atoms with Gasteiger partial charge in [0.2, 0.25) is 0 Å². The first-order valence-electron chi connectivity index (χ1n) is 4.32. The molecule has 0 amide bonds. The molecule has 0 heterocycles. The summed E-state index contributed by atoms with van der Waals surface area (Å²) in [5.74, 6) is 0.0863. The average molecular weight is 277 g/mol. The van der Waals surface area contributed by atoms with Crippen LogP contribution in [0.15, 0.2) is 16.6 Å². The predicted molar refractivity (Wildman–Crippen MR) is 61.7 cm³/mol. The van der Waals surface area contributed by atoms with E-state index < -0.39 is 0 Å². The molecular weight excluding hydrogens is 265 g/mol. The summed E-state index contributed by atoms with van der Waals surface area (Å²) in [6.45, 7) is 2.15. The molecule has 0 atom stereocenters. The van der Waals surface area contributed by atoms with Crippen molar-refractivity contribution >= 4 is 33.3 Å². The molecule has 1 aromatic carbocycles. The van der Waals surface area contributed by atoms with Crippen LogP contribution in [0.4, 0.5) is 0 Å². The monoisotopic (exact) mass is 275 g/mol. The van der Waals surface area contributed by atoms with Crippen LogP contribution >= 0.6 is 27.5 Å². The summed E-state index contributed by atoms with van der Waals surface area (Å²) in [5.41, 5.74) is 6.97. The van der Waals surface area contributed by atoms with Crippen LogP contribution in [-0.4, -0.2) is 5.78 Å². The van der Waals surface area contributed by atoms with Crippen molar-refractivity contribution < 1.29 is 4.79 Å². The highest BCUT2D eigenvalue weighted by atomic mass is 79.9. The minimum atomic E-state index is 0.0863. The van der Waals surface area contributed by atoms with Gasteiger partial charge in [-0.25, -0.2) is 0 Å². The molecule has 0 aromatic heterocycles. The molecule has 0 saturated heterocycles. The Morgan fingerprint density at radius 2 is 2.21 bits per heavy atom. The zero-order valence-corrected chi connectivity index (χ0v) is 10.2. The Kier molecular flexibility index (Phi) is 4.11. The van der Waals surface area contributed by atoms with Crippen molar-refractivity contribution in [1.82, 2.24) is 0 Å². The van der Waals surface area contributed by atoms with Crippen LogP contribution in [0.5, 0.6) is 0 Å². The van der Waals surface area contributed by atoms with Gasteiger partial charge in [-0.1, -0.05) is 18.5 Å². The van der Waals surface area contributed by atoms with Crippen LogP contribution in [0.3, 0.4) is 0 Å². The molecule has 0 bridgehead atoms. The van der Waals surface area contributed by atoms with Gasteiger partial charge in [-0.15, -0.1) is 0 Å². The third-order valence-corrected chi connectivity index (χ3v) is 3.27. The van der Waals surface area contributed by atoms with E-state index in [1.54, 1.807) is 12.1 Å². The number of benzene rings is 1. The Hall–Kier alpha value is -0.380. The summed E-state index contributed by atoms with van der Waals surface area (Å²) in [6.07, 6.45) is 0.476. The van der Waals surface area contributed by atoms with Crippen molar-refractivity contribution in [3.05, 3.63) is 32.8 Å². The summed E-state index contributed by atoms with van der Waals surface area (Å²) >= 11 is 9.28. The van der Waals surface area contributed by atoms with E-state index in [1.807, 2.05) is 6.92 Å². The fourth-order valence-electron chi connectivity index (χ4n) is 1.19. The number of carbonyl (C=O) groups excluding carboxylic acids is 1. The van der Waals surface area contributed by atoms with Crippen molar-refractivity contribution in [3.8, 4) is 0 Å². The van der Waals surface area contributed by atoms with Gasteiger partial charge in [0.05, 0.1) is 0 Å². The summed E-state index contributed by atoms with van der Waals surface area (Å²) < 4.78 is 0.722. The molecule has 4 heteroatoms. The van der Waals surface area contributed by atoms with E-state index in [9.17, 15) is 4.79 Å². The highest BCUT2D eigenvalue weighted by Gasteiger charge is 2.13. The lowest BCUT2D eigenvalue weighted by atomic mass is 10.1. The van der Waals surface area contributed by atoms with Crippen LogP contribution in [0.1, 0.15) is 29.3 Å². The summed E-state index contributed by atoms with van der Waals surface area (Å²) in [6, 6.07) is 3.43. The molecule has 0 saturated carbocycles. The Morgan fingerprint density at radius 1 is 1.57 bits per heavy atom. The highest BCUT2D eigenvalue weighted by molar-refractivity contribution is 9.10. The normalized spacial score (nSPS) is 10.3. The molecule has 0 aliphatic carbocycles. The Morgan fingerprint density at radius 3 is 2.71 bits per heavy atom. The number of hydrogen-bond acceptors (Lipinski definition) is 2. The van der Waals surface area contributed by atoms with Crippen LogP contribution in [-0.2, 0) is 6.54 Å². The quantitative estimate of drug-likeness (QED) is 0.862. The van der Waals surface area contributed by atoms with E-state index in [4.69, 9.17) is 17.3 Å². The fraction of sp³-hybridized carbons (Fsp3) is 0.300. The van der Waals surface area contributed by atoms with E-state index in [2.05, 4.69) is 15.9 Å². The largest absolute Gasteiger partial charge is 0.326 e. The number of carbonyl (C=O) groups is 1. The second-order valence-corrected chi connectivity index (χ2v) is 4.07. The molecule has 0 spiro atoms. The van der Waals surface area contributed by atoms with Gasteiger partial charge in [-0.2, -0.15) is 0 Å². The molecule has 0 radical (unpaired) electrons. The topological polar surface area (TPSA) is 43.1 Å². The lowest BCUT2D eigenvalue weighted by Crippen LogP contribution is -2.04. The van der Waals surface area contributed by atoms with E-state index in [0.29, 0.717) is 23.6 Å². The van der Waals surface area contributed by atoms with Crippen molar-refractivity contribution in [3.63, 3.8) is 0 Å². The van der Waals surface area contributed by atoms with Gasteiger partial charge >= 0.3 is 0 Å². The number of Topliss-reactive ketones (excluding diaryl/α,β-unsaturated/α-hetero) is 1. The van der Waals surface area contributed by atoms with Crippen LogP contribution in [0.25, 0.3) is 0 Å². The molecule has 0 fully saturated rings. The second kappa shape index (κ2) is 4.91. The minimum Gasteiger partial charge on any atom is -0.326 e. The smallest absolute Gasteiger partial charge is 0.163 e. The first-order valence-corrected chi connectivity index (χ1v) is 5.49. The average Bonchev–Trinajstić information content (AvgIpc) is 2.18. The molecule has 14 heavy (non-hydrogen) atoms. The van der Waals surface area contributed by atoms with Crippen LogP contribution < -0.4 is 5.73 Å². The lowest BCUT2D eigenvalue weighted by molar-refractivity contribution is 0.0987. The first kappa shape index (κ1) is 11.7. The molecular formula is C10H11BrClNO. The van der Waals surface area contributed by atoms with Crippen molar-refractivity contribution in [2.75, 3.05) is 0 Å². The lowest BCUT2D eigenvalue weighted by Gasteiger charge is -2.08. The molecule has 76 valence electrons. The van der Waals surface area contributed by atoms with Gasteiger partial charge in [0.1, 0.15) is 0 Å². The van der Waals surface area contributed by atoms with Gasteiger partial charge in [-0.3, -0.25) is 4.79 Å². The fourth-order valence-corrected chi connectivity index (χ4v) is 2.27. The number of hydrogen-bond donors (Lipinski definition) is 1. The van der Waals surface area contributed by atoms with E-state index in [0.717, 1.165) is 10.0 Å². The zero-order chi connectivity index (χ0) is 10.7. The summed E-state index contributed by atoms with van der Waals surface area (Å²) in [4.78, 5) is 11.5. The van der Waals surface area contributed by atoms with Crippen LogP contribution in [0.2, 0.25) is 5.02 Å². The molecule has 1 rings (SSSR count). The number of halogens is 2. The Labute approximate surface area is 96.6 Å². The molecule has 0 unspecified atom stereocenters. The van der Waals surface area contributed by atoms with E-state index >= 15 is 0 Å². The maximum absolute atomic E-state index is 11.5. The Bertz CT molecular complexity index is 365. The van der Waals surface area contributed by atoms with Gasteiger partial charge in [0, 0.05) is 28.0 Å².